The Bertz CT molecular complexity index is 1180. The van der Waals surface area contributed by atoms with Crippen LogP contribution in [0, 0.1) is 27.7 Å². The second-order valence-electron chi connectivity index (χ2n) is 7.01. The second kappa shape index (κ2) is 7.29. The molecule has 2 aromatic carbocycles. The summed E-state index contributed by atoms with van der Waals surface area (Å²) in [5.74, 6) is 0. The van der Waals surface area contributed by atoms with Crippen molar-refractivity contribution < 1.29 is 8.42 Å². The molecule has 5 nitrogen and oxygen atoms in total. The largest absolute Gasteiger partial charge is 0.321 e. The zero-order chi connectivity index (χ0) is 19.8. The van der Waals surface area contributed by atoms with Crippen molar-refractivity contribution in [1.82, 2.24) is 9.71 Å². The van der Waals surface area contributed by atoms with Crippen LogP contribution in [0.5, 0.6) is 0 Å². The fraction of sp³-hybridized carbons (Fsp3) is 0.286. The fourth-order valence-electron chi connectivity index (χ4n) is 3.25. The highest BCUT2D eigenvalue weighted by molar-refractivity contribution is 7.89. The number of nitrogens with one attached hydrogen (secondary N) is 2. The number of aromatic nitrogens is 1. The van der Waals surface area contributed by atoms with Crippen LogP contribution in [0.4, 0.5) is 0 Å². The van der Waals surface area contributed by atoms with Crippen molar-refractivity contribution >= 4 is 20.9 Å². The van der Waals surface area contributed by atoms with Gasteiger partial charge in [0.1, 0.15) is 0 Å². The van der Waals surface area contributed by atoms with Crippen LogP contribution in [0.15, 0.2) is 46.1 Å². The minimum atomic E-state index is -3.61. The van der Waals surface area contributed by atoms with Gasteiger partial charge in [-0.15, -0.1) is 0 Å². The lowest BCUT2D eigenvalue weighted by atomic mass is 10.0. The Morgan fingerprint density at radius 1 is 0.963 bits per heavy atom. The predicted octanol–water partition coefficient (Wildman–Crippen LogP) is 3.28. The summed E-state index contributed by atoms with van der Waals surface area (Å²) in [6.45, 7) is 7.84. The van der Waals surface area contributed by atoms with Crippen LogP contribution in [0.25, 0.3) is 10.9 Å². The van der Waals surface area contributed by atoms with Gasteiger partial charge in [0.15, 0.2) is 0 Å². The molecule has 1 aromatic heterocycles. The van der Waals surface area contributed by atoms with Crippen LogP contribution in [0.2, 0.25) is 0 Å². The number of hydrogen-bond donors (Lipinski definition) is 2. The fourth-order valence-corrected chi connectivity index (χ4v) is 4.51. The van der Waals surface area contributed by atoms with Gasteiger partial charge in [-0.25, -0.2) is 13.1 Å². The van der Waals surface area contributed by atoms with Crippen LogP contribution in [0.1, 0.15) is 27.8 Å². The molecular weight excluding hydrogens is 360 g/mol. The third kappa shape index (κ3) is 3.96. The lowest BCUT2D eigenvalue weighted by molar-refractivity contribution is 0.581. The third-order valence-corrected chi connectivity index (χ3v) is 6.56. The smallest absolute Gasteiger partial charge is 0.251 e. The number of aryl methyl sites for hydroxylation is 4. The van der Waals surface area contributed by atoms with Gasteiger partial charge < -0.3 is 4.98 Å². The number of benzene rings is 2. The molecule has 0 amide bonds. The van der Waals surface area contributed by atoms with Gasteiger partial charge in [-0.1, -0.05) is 29.8 Å². The van der Waals surface area contributed by atoms with E-state index in [-0.39, 0.29) is 17.0 Å². The lowest BCUT2D eigenvalue weighted by Gasteiger charge is -2.11. The highest BCUT2D eigenvalue weighted by Crippen LogP contribution is 2.19. The molecule has 0 unspecified atom stereocenters. The maximum absolute atomic E-state index is 12.5. The molecule has 0 aliphatic rings. The molecule has 0 bridgehead atoms. The van der Waals surface area contributed by atoms with E-state index in [0.29, 0.717) is 17.5 Å². The summed E-state index contributed by atoms with van der Waals surface area (Å²) in [4.78, 5) is 15.6. The molecule has 0 radical (unpaired) electrons. The molecule has 0 atom stereocenters. The summed E-state index contributed by atoms with van der Waals surface area (Å²) in [5.41, 5.74) is 5.10. The molecule has 142 valence electrons. The molecule has 1 heterocycles. The van der Waals surface area contributed by atoms with E-state index in [1.165, 1.54) is 0 Å². The minimum Gasteiger partial charge on any atom is -0.321 e. The number of pyridine rings is 1. The van der Waals surface area contributed by atoms with Crippen molar-refractivity contribution in [1.29, 1.82) is 0 Å². The molecule has 27 heavy (non-hydrogen) atoms. The molecule has 0 saturated heterocycles. The summed E-state index contributed by atoms with van der Waals surface area (Å²) < 4.78 is 27.7. The molecule has 3 rings (SSSR count). The molecule has 2 N–H and O–H groups in total. The lowest BCUT2D eigenvalue weighted by Crippen LogP contribution is -2.28. The summed E-state index contributed by atoms with van der Waals surface area (Å²) in [7, 11) is -3.61. The third-order valence-electron chi connectivity index (χ3n) is 4.93. The molecule has 0 saturated carbocycles. The van der Waals surface area contributed by atoms with E-state index in [2.05, 4.69) is 9.71 Å². The molecule has 0 spiro atoms. The van der Waals surface area contributed by atoms with Crippen molar-refractivity contribution in [2.24, 2.45) is 0 Å². The minimum absolute atomic E-state index is 0.162. The summed E-state index contributed by atoms with van der Waals surface area (Å²) >= 11 is 0. The monoisotopic (exact) mass is 384 g/mol. The summed E-state index contributed by atoms with van der Waals surface area (Å²) in [5, 5.41) is 0.949. The maximum Gasteiger partial charge on any atom is 0.251 e. The quantitative estimate of drug-likeness (QED) is 0.708. The van der Waals surface area contributed by atoms with Crippen molar-refractivity contribution in [2.75, 3.05) is 6.54 Å². The van der Waals surface area contributed by atoms with Crippen LogP contribution in [-0.2, 0) is 16.4 Å². The number of sulfonamides is 1. The second-order valence-corrected chi connectivity index (χ2v) is 8.75. The molecule has 0 aliphatic carbocycles. The molecule has 3 aromatic rings. The Kier molecular flexibility index (Phi) is 5.22. The zero-order valence-corrected chi connectivity index (χ0v) is 16.8. The molecule has 0 fully saturated rings. The van der Waals surface area contributed by atoms with E-state index in [1.807, 2.05) is 45.0 Å². The van der Waals surface area contributed by atoms with E-state index in [4.69, 9.17) is 0 Å². The van der Waals surface area contributed by atoms with E-state index in [1.54, 1.807) is 19.1 Å². The first-order chi connectivity index (χ1) is 12.7. The van der Waals surface area contributed by atoms with E-state index in [9.17, 15) is 13.2 Å². The average molecular weight is 385 g/mol. The van der Waals surface area contributed by atoms with Gasteiger partial charge in [0.05, 0.1) is 10.4 Å². The normalized spacial score (nSPS) is 11.9. The van der Waals surface area contributed by atoms with Crippen molar-refractivity contribution in [2.45, 2.75) is 39.0 Å². The highest BCUT2D eigenvalue weighted by Gasteiger charge is 2.16. The predicted molar refractivity (Wildman–Crippen MR) is 109 cm³/mol. The van der Waals surface area contributed by atoms with Gasteiger partial charge in [-0.2, -0.15) is 0 Å². The summed E-state index contributed by atoms with van der Waals surface area (Å²) in [6, 6.07) is 11.1. The van der Waals surface area contributed by atoms with Gasteiger partial charge in [-0.05, 0) is 68.3 Å². The van der Waals surface area contributed by atoms with Crippen molar-refractivity contribution in [3.63, 3.8) is 0 Å². The number of hydrogen-bond acceptors (Lipinski definition) is 3. The number of aromatic amines is 1. The first kappa shape index (κ1) is 19.3. The first-order valence-electron chi connectivity index (χ1n) is 8.88. The van der Waals surface area contributed by atoms with E-state index in [0.717, 1.165) is 27.6 Å². The van der Waals surface area contributed by atoms with E-state index < -0.39 is 10.0 Å². The Morgan fingerprint density at radius 2 is 1.70 bits per heavy atom. The number of rotatable bonds is 5. The van der Waals surface area contributed by atoms with Gasteiger partial charge in [0.2, 0.25) is 10.0 Å². The maximum atomic E-state index is 12.5. The van der Waals surface area contributed by atoms with Crippen molar-refractivity contribution in [3.8, 4) is 0 Å². The Balaban J connectivity index is 1.80. The van der Waals surface area contributed by atoms with Crippen molar-refractivity contribution in [3.05, 3.63) is 74.6 Å². The molecular formula is C21H24N2O3S. The van der Waals surface area contributed by atoms with Gasteiger partial charge >= 0.3 is 0 Å². The van der Waals surface area contributed by atoms with E-state index >= 15 is 0 Å². The zero-order valence-electron chi connectivity index (χ0n) is 16.0. The SMILES string of the molecule is Cc1ccc(S(=O)(=O)NCCc2cc3ccc(C)c(C)c3[nH]c2=O)c(C)c1. The molecule has 6 heteroatoms. The Labute approximate surface area is 159 Å². The summed E-state index contributed by atoms with van der Waals surface area (Å²) in [6.07, 6.45) is 0.322. The Morgan fingerprint density at radius 3 is 2.41 bits per heavy atom. The first-order valence-corrected chi connectivity index (χ1v) is 10.4. The topological polar surface area (TPSA) is 79.0 Å². The van der Waals surface area contributed by atoms with Crippen LogP contribution in [0.3, 0.4) is 0 Å². The number of H-pyrrole nitrogens is 1. The highest BCUT2D eigenvalue weighted by atomic mass is 32.2. The van der Waals surface area contributed by atoms with Gasteiger partial charge in [-0.3, -0.25) is 4.79 Å². The number of fused-ring (bicyclic) bond motifs is 1. The Hall–Kier alpha value is -2.44. The van der Waals surface area contributed by atoms with Crippen LogP contribution < -0.4 is 10.3 Å². The average Bonchev–Trinajstić information content (AvgIpc) is 2.59. The standard InChI is InChI=1S/C21H24N2O3S/c1-13-5-8-19(15(3)11-13)27(25,26)22-10-9-18-12-17-7-6-14(2)16(4)20(17)23-21(18)24/h5-8,11-12,22H,9-10H2,1-4H3,(H,23,24). The van der Waals surface area contributed by atoms with Gasteiger partial charge in [0, 0.05) is 12.1 Å². The van der Waals surface area contributed by atoms with Crippen LogP contribution in [-0.4, -0.2) is 19.9 Å². The van der Waals surface area contributed by atoms with Gasteiger partial charge in [0.25, 0.3) is 5.56 Å². The van der Waals surface area contributed by atoms with Crippen LogP contribution >= 0.6 is 0 Å². The molecule has 0 aliphatic heterocycles.